The number of likely N-dealkylation sites (tertiary alicyclic amines) is 2. The van der Waals surface area contributed by atoms with Crippen molar-refractivity contribution < 1.29 is 19.1 Å². The molecule has 2 saturated heterocycles. The van der Waals surface area contributed by atoms with E-state index < -0.39 is 11.5 Å². The van der Waals surface area contributed by atoms with Crippen LogP contribution in [0.4, 0.5) is 0 Å². The van der Waals surface area contributed by atoms with E-state index in [2.05, 4.69) is 5.32 Å². The average Bonchev–Trinajstić information content (AvgIpc) is 3.27. The largest absolute Gasteiger partial charge is 0.385 e. The maximum atomic E-state index is 13.2. The van der Waals surface area contributed by atoms with E-state index in [0.717, 1.165) is 16.2 Å². The van der Waals surface area contributed by atoms with Crippen molar-refractivity contribution in [2.24, 2.45) is 5.41 Å². The topological polar surface area (TPSA) is 79.0 Å². The standard InChI is InChI=1S/C21H31N3O4S/c1-4-24-16(18(25)22-10-5-13-28-3)14-21(20(24)27)8-11-23(12-9-21)19(26)17-7-6-15(2)29-17/h6-7,16H,4-5,8-14H2,1-3H3,(H,22,25). The predicted molar refractivity (Wildman–Crippen MR) is 112 cm³/mol. The van der Waals surface area contributed by atoms with Crippen molar-refractivity contribution in [2.45, 2.75) is 45.6 Å². The van der Waals surface area contributed by atoms with Crippen LogP contribution < -0.4 is 5.32 Å². The van der Waals surface area contributed by atoms with Crippen molar-refractivity contribution in [3.8, 4) is 0 Å². The van der Waals surface area contributed by atoms with Gasteiger partial charge < -0.3 is 19.9 Å². The highest BCUT2D eigenvalue weighted by molar-refractivity contribution is 7.13. The Bertz CT molecular complexity index is 755. The number of nitrogens with zero attached hydrogens (tertiary/aromatic N) is 2. The summed E-state index contributed by atoms with van der Waals surface area (Å²) in [6, 6.07) is 3.41. The molecule has 0 radical (unpaired) electrons. The zero-order chi connectivity index (χ0) is 21.0. The number of likely N-dealkylation sites (N-methyl/N-ethyl adjacent to an activating group) is 1. The van der Waals surface area contributed by atoms with E-state index in [0.29, 0.717) is 52.0 Å². The van der Waals surface area contributed by atoms with Crippen LogP contribution in [0.15, 0.2) is 12.1 Å². The van der Waals surface area contributed by atoms with Crippen LogP contribution in [0.1, 0.15) is 47.2 Å². The Labute approximate surface area is 176 Å². The highest BCUT2D eigenvalue weighted by atomic mass is 32.1. The molecule has 7 nitrogen and oxygen atoms in total. The fourth-order valence-electron chi connectivity index (χ4n) is 4.42. The summed E-state index contributed by atoms with van der Waals surface area (Å²) in [5.74, 6) is 0.0278. The van der Waals surface area contributed by atoms with Crippen LogP contribution in [-0.2, 0) is 14.3 Å². The Morgan fingerprint density at radius 1 is 1.31 bits per heavy atom. The molecule has 29 heavy (non-hydrogen) atoms. The molecule has 8 heteroatoms. The van der Waals surface area contributed by atoms with Crippen LogP contribution in [0.5, 0.6) is 0 Å². The van der Waals surface area contributed by atoms with E-state index in [1.165, 1.54) is 11.3 Å². The maximum Gasteiger partial charge on any atom is 0.263 e. The van der Waals surface area contributed by atoms with Gasteiger partial charge in [0, 0.05) is 44.8 Å². The molecule has 160 valence electrons. The molecule has 0 saturated carbocycles. The van der Waals surface area contributed by atoms with Gasteiger partial charge in [-0.2, -0.15) is 0 Å². The van der Waals surface area contributed by atoms with E-state index in [-0.39, 0.29) is 17.7 Å². The fourth-order valence-corrected chi connectivity index (χ4v) is 5.25. The number of piperidine rings is 1. The lowest BCUT2D eigenvalue weighted by Crippen LogP contribution is -2.47. The smallest absolute Gasteiger partial charge is 0.263 e. The van der Waals surface area contributed by atoms with Crippen LogP contribution in [0.3, 0.4) is 0 Å². The van der Waals surface area contributed by atoms with Crippen molar-refractivity contribution in [1.82, 2.24) is 15.1 Å². The highest BCUT2D eigenvalue weighted by Gasteiger charge is 2.54. The molecular formula is C21H31N3O4S. The minimum absolute atomic E-state index is 0.0446. The molecule has 1 aromatic rings. The van der Waals surface area contributed by atoms with Crippen LogP contribution in [-0.4, -0.2) is 73.5 Å². The number of carbonyl (C=O) groups excluding carboxylic acids is 3. The van der Waals surface area contributed by atoms with Crippen LogP contribution >= 0.6 is 11.3 Å². The second-order valence-corrected chi connectivity index (χ2v) is 9.22. The summed E-state index contributed by atoms with van der Waals surface area (Å²) >= 11 is 1.50. The second kappa shape index (κ2) is 9.26. The van der Waals surface area contributed by atoms with Crippen molar-refractivity contribution in [2.75, 3.05) is 39.9 Å². The van der Waals surface area contributed by atoms with Gasteiger partial charge in [-0.05, 0) is 51.7 Å². The molecule has 1 unspecified atom stereocenters. The molecule has 0 aliphatic carbocycles. The van der Waals surface area contributed by atoms with E-state index >= 15 is 0 Å². The zero-order valence-corrected chi connectivity index (χ0v) is 18.3. The molecule has 3 heterocycles. The summed E-state index contributed by atoms with van der Waals surface area (Å²) in [5, 5.41) is 2.94. The summed E-state index contributed by atoms with van der Waals surface area (Å²) in [5.41, 5.74) is -0.521. The van der Waals surface area contributed by atoms with Gasteiger partial charge in [0.05, 0.1) is 10.3 Å². The number of methoxy groups -OCH3 is 1. The zero-order valence-electron chi connectivity index (χ0n) is 17.5. The molecule has 1 spiro atoms. The Morgan fingerprint density at radius 3 is 2.62 bits per heavy atom. The summed E-state index contributed by atoms with van der Waals surface area (Å²) in [4.78, 5) is 44.0. The molecule has 1 N–H and O–H groups in total. The number of nitrogens with one attached hydrogen (secondary N) is 1. The number of aryl methyl sites for hydroxylation is 1. The Balaban J connectivity index is 1.62. The maximum absolute atomic E-state index is 13.2. The normalized spacial score (nSPS) is 21.1. The molecular weight excluding hydrogens is 390 g/mol. The van der Waals surface area contributed by atoms with Crippen molar-refractivity contribution in [3.63, 3.8) is 0 Å². The van der Waals surface area contributed by atoms with E-state index in [9.17, 15) is 14.4 Å². The molecule has 2 aliphatic rings. The summed E-state index contributed by atoms with van der Waals surface area (Å²) in [6.45, 7) is 6.68. The first-order valence-corrected chi connectivity index (χ1v) is 11.2. The van der Waals surface area contributed by atoms with Crippen molar-refractivity contribution >= 4 is 29.1 Å². The van der Waals surface area contributed by atoms with Gasteiger partial charge in [-0.25, -0.2) is 0 Å². The van der Waals surface area contributed by atoms with E-state index in [1.807, 2.05) is 30.9 Å². The molecule has 2 fully saturated rings. The van der Waals surface area contributed by atoms with Gasteiger partial charge in [0.25, 0.3) is 5.91 Å². The Hall–Kier alpha value is -1.93. The minimum atomic E-state index is -0.521. The highest BCUT2D eigenvalue weighted by Crippen LogP contribution is 2.44. The monoisotopic (exact) mass is 421 g/mol. The van der Waals surface area contributed by atoms with Gasteiger partial charge in [-0.3, -0.25) is 14.4 Å². The molecule has 0 aromatic carbocycles. The first-order valence-electron chi connectivity index (χ1n) is 10.4. The average molecular weight is 422 g/mol. The lowest BCUT2D eigenvalue weighted by atomic mass is 9.76. The SMILES string of the molecule is CCN1C(=O)C2(CCN(C(=O)c3ccc(C)s3)CC2)CC1C(=O)NCCCOC. The van der Waals surface area contributed by atoms with Gasteiger partial charge in [-0.1, -0.05) is 0 Å². The van der Waals surface area contributed by atoms with Gasteiger partial charge in [-0.15, -0.1) is 11.3 Å². The Morgan fingerprint density at radius 2 is 2.03 bits per heavy atom. The van der Waals surface area contributed by atoms with E-state index in [1.54, 1.807) is 12.0 Å². The third kappa shape index (κ3) is 4.48. The third-order valence-electron chi connectivity index (χ3n) is 6.10. The first kappa shape index (κ1) is 21.8. The lowest BCUT2D eigenvalue weighted by Gasteiger charge is -2.37. The van der Waals surface area contributed by atoms with Crippen molar-refractivity contribution in [1.29, 1.82) is 0 Å². The van der Waals surface area contributed by atoms with Crippen LogP contribution in [0.2, 0.25) is 0 Å². The number of carbonyl (C=O) groups is 3. The number of hydrogen-bond donors (Lipinski definition) is 1. The molecule has 1 atom stereocenters. The number of amides is 3. The van der Waals surface area contributed by atoms with Gasteiger partial charge in [0.2, 0.25) is 11.8 Å². The predicted octanol–water partition coefficient (Wildman–Crippen LogP) is 2.05. The van der Waals surface area contributed by atoms with E-state index in [4.69, 9.17) is 4.74 Å². The Kier molecular flexibility index (Phi) is 6.95. The second-order valence-electron chi connectivity index (χ2n) is 7.93. The summed E-state index contributed by atoms with van der Waals surface area (Å²) in [6.07, 6.45) is 2.52. The van der Waals surface area contributed by atoms with Gasteiger partial charge in [0.1, 0.15) is 6.04 Å². The molecule has 0 bridgehead atoms. The molecule has 2 aliphatic heterocycles. The number of ether oxygens (including phenoxy) is 1. The lowest BCUT2D eigenvalue weighted by molar-refractivity contribution is -0.140. The molecule has 1 aromatic heterocycles. The first-order chi connectivity index (χ1) is 13.9. The number of rotatable bonds is 7. The summed E-state index contributed by atoms with van der Waals surface area (Å²) < 4.78 is 5.01. The molecule has 3 rings (SSSR count). The van der Waals surface area contributed by atoms with Gasteiger partial charge in [0.15, 0.2) is 0 Å². The van der Waals surface area contributed by atoms with Gasteiger partial charge >= 0.3 is 0 Å². The molecule has 3 amide bonds. The van der Waals surface area contributed by atoms with Crippen molar-refractivity contribution in [3.05, 3.63) is 21.9 Å². The quantitative estimate of drug-likeness (QED) is 0.684. The van der Waals surface area contributed by atoms with Crippen LogP contribution in [0, 0.1) is 12.3 Å². The minimum Gasteiger partial charge on any atom is -0.385 e. The summed E-state index contributed by atoms with van der Waals surface area (Å²) in [7, 11) is 1.64. The number of hydrogen-bond acceptors (Lipinski definition) is 5. The van der Waals surface area contributed by atoms with Crippen LogP contribution in [0.25, 0.3) is 0 Å². The number of thiophene rings is 1. The fraction of sp³-hybridized carbons (Fsp3) is 0.667. The third-order valence-corrected chi connectivity index (χ3v) is 7.09.